The Labute approximate surface area is 159 Å². The monoisotopic (exact) mass is 386 g/mol. The smallest absolute Gasteiger partial charge is 0.230 e. The standard InChI is InChI=1S/C18H15ClN4O2S/c1-11(24)12-3-2-4-14(7-12)21-17(25)8-15-10-26-18(22-15)23-16-6-5-13(19)9-20-16/h2-7,9-10H,8H2,1H3,(H,21,25)(H,20,22,23). The number of carbonyl (C=O) groups excluding carboxylic acids is 2. The number of anilines is 3. The number of nitrogens with zero attached hydrogens (tertiary/aromatic N) is 2. The highest BCUT2D eigenvalue weighted by Gasteiger charge is 2.10. The second kappa shape index (κ2) is 8.07. The lowest BCUT2D eigenvalue weighted by molar-refractivity contribution is -0.115. The van der Waals surface area contributed by atoms with Gasteiger partial charge in [0.05, 0.1) is 17.1 Å². The van der Waals surface area contributed by atoms with E-state index in [1.165, 1.54) is 18.3 Å². The Morgan fingerprint density at radius 3 is 2.81 bits per heavy atom. The molecule has 0 aliphatic heterocycles. The number of benzene rings is 1. The lowest BCUT2D eigenvalue weighted by Gasteiger charge is -2.05. The van der Waals surface area contributed by atoms with E-state index in [0.717, 1.165) is 0 Å². The van der Waals surface area contributed by atoms with Crippen LogP contribution >= 0.6 is 22.9 Å². The number of carbonyl (C=O) groups is 2. The maximum atomic E-state index is 12.2. The van der Waals surface area contributed by atoms with Crippen LogP contribution in [0.3, 0.4) is 0 Å². The van der Waals surface area contributed by atoms with E-state index in [9.17, 15) is 9.59 Å². The minimum Gasteiger partial charge on any atom is -0.326 e. The van der Waals surface area contributed by atoms with Gasteiger partial charge in [0.25, 0.3) is 0 Å². The van der Waals surface area contributed by atoms with Crippen LogP contribution in [-0.4, -0.2) is 21.7 Å². The zero-order valence-corrected chi connectivity index (χ0v) is 15.4. The summed E-state index contributed by atoms with van der Waals surface area (Å²) in [6.07, 6.45) is 1.68. The first-order valence-corrected chi connectivity index (χ1v) is 8.99. The zero-order chi connectivity index (χ0) is 18.5. The Morgan fingerprint density at radius 2 is 2.08 bits per heavy atom. The van der Waals surface area contributed by atoms with Gasteiger partial charge >= 0.3 is 0 Å². The van der Waals surface area contributed by atoms with Crippen LogP contribution in [0, 0.1) is 0 Å². The van der Waals surface area contributed by atoms with Crippen LogP contribution in [0.1, 0.15) is 23.0 Å². The van der Waals surface area contributed by atoms with Crippen molar-refractivity contribution in [3.05, 3.63) is 64.3 Å². The van der Waals surface area contributed by atoms with Gasteiger partial charge in [-0.2, -0.15) is 0 Å². The van der Waals surface area contributed by atoms with Crippen LogP contribution in [0.25, 0.3) is 0 Å². The molecule has 3 rings (SSSR count). The van der Waals surface area contributed by atoms with E-state index in [1.54, 1.807) is 42.6 Å². The highest BCUT2D eigenvalue weighted by Crippen LogP contribution is 2.21. The maximum absolute atomic E-state index is 12.2. The summed E-state index contributed by atoms with van der Waals surface area (Å²) in [4.78, 5) is 32.1. The molecule has 0 unspecified atom stereocenters. The van der Waals surface area contributed by atoms with Gasteiger partial charge in [-0.3, -0.25) is 9.59 Å². The number of ketones is 1. The third-order valence-corrected chi connectivity index (χ3v) is 4.44. The topological polar surface area (TPSA) is 84.0 Å². The average molecular weight is 387 g/mol. The van der Waals surface area contributed by atoms with Crippen molar-refractivity contribution in [2.75, 3.05) is 10.6 Å². The van der Waals surface area contributed by atoms with Crippen LogP contribution in [0.5, 0.6) is 0 Å². The Kier molecular flexibility index (Phi) is 5.60. The van der Waals surface area contributed by atoms with Crippen molar-refractivity contribution in [1.82, 2.24) is 9.97 Å². The number of pyridine rings is 1. The van der Waals surface area contributed by atoms with Crippen LogP contribution in [0.4, 0.5) is 16.6 Å². The van der Waals surface area contributed by atoms with Gasteiger partial charge in [-0.1, -0.05) is 23.7 Å². The molecule has 132 valence electrons. The normalized spacial score (nSPS) is 10.4. The second-order valence-electron chi connectivity index (χ2n) is 5.49. The van der Waals surface area contributed by atoms with Gasteiger partial charge in [-0.05, 0) is 31.2 Å². The zero-order valence-electron chi connectivity index (χ0n) is 13.8. The van der Waals surface area contributed by atoms with Crippen LogP contribution in [-0.2, 0) is 11.2 Å². The maximum Gasteiger partial charge on any atom is 0.230 e. The molecule has 3 aromatic rings. The summed E-state index contributed by atoms with van der Waals surface area (Å²) in [7, 11) is 0. The first-order chi connectivity index (χ1) is 12.5. The molecule has 0 radical (unpaired) electrons. The quantitative estimate of drug-likeness (QED) is 0.616. The van der Waals surface area contributed by atoms with Crippen molar-refractivity contribution in [2.45, 2.75) is 13.3 Å². The van der Waals surface area contributed by atoms with E-state index in [2.05, 4.69) is 20.6 Å². The number of thiazole rings is 1. The first-order valence-electron chi connectivity index (χ1n) is 7.73. The Balaban J connectivity index is 1.60. The lowest BCUT2D eigenvalue weighted by Crippen LogP contribution is -2.15. The fourth-order valence-electron chi connectivity index (χ4n) is 2.19. The van der Waals surface area contributed by atoms with Crippen LogP contribution < -0.4 is 10.6 Å². The van der Waals surface area contributed by atoms with Crippen molar-refractivity contribution in [3.63, 3.8) is 0 Å². The highest BCUT2D eigenvalue weighted by atomic mass is 35.5. The molecule has 0 saturated carbocycles. The number of halogens is 1. The van der Waals surface area contributed by atoms with E-state index >= 15 is 0 Å². The summed E-state index contributed by atoms with van der Waals surface area (Å²) >= 11 is 7.19. The molecule has 0 atom stereocenters. The van der Waals surface area contributed by atoms with Gasteiger partial charge in [0.2, 0.25) is 5.91 Å². The second-order valence-corrected chi connectivity index (χ2v) is 6.79. The van der Waals surface area contributed by atoms with E-state index in [0.29, 0.717) is 32.9 Å². The number of aromatic nitrogens is 2. The summed E-state index contributed by atoms with van der Waals surface area (Å²) in [5, 5.41) is 8.85. The molecule has 26 heavy (non-hydrogen) atoms. The van der Waals surface area contributed by atoms with E-state index in [4.69, 9.17) is 11.6 Å². The molecule has 0 fully saturated rings. The highest BCUT2D eigenvalue weighted by molar-refractivity contribution is 7.13. The van der Waals surface area contributed by atoms with Gasteiger partial charge < -0.3 is 10.6 Å². The van der Waals surface area contributed by atoms with Gasteiger partial charge in [-0.15, -0.1) is 11.3 Å². The van der Waals surface area contributed by atoms with Crippen molar-refractivity contribution in [3.8, 4) is 0 Å². The Bertz CT molecular complexity index is 940. The largest absolute Gasteiger partial charge is 0.326 e. The number of rotatable bonds is 6. The molecule has 0 saturated heterocycles. The number of hydrogen-bond donors (Lipinski definition) is 2. The molecule has 1 aromatic carbocycles. The van der Waals surface area contributed by atoms with Gasteiger partial charge in [0.15, 0.2) is 10.9 Å². The average Bonchev–Trinajstić information content (AvgIpc) is 3.04. The molecule has 0 aliphatic carbocycles. The summed E-state index contributed by atoms with van der Waals surface area (Å²) in [6.45, 7) is 1.49. The van der Waals surface area contributed by atoms with Crippen LogP contribution in [0.15, 0.2) is 48.0 Å². The van der Waals surface area contributed by atoms with Gasteiger partial charge in [0.1, 0.15) is 5.82 Å². The number of Topliss-reactive ketones (excluding diaryl/α,β-unsaturated/α-hetero) is 1. The molecule has 6 nitrogen and oxygen atoms in total. The minimum atomic E-state index is -0.202. The summed E-state index contributed by atoms with van der Waals surface area (Å²) in [5.74, 6) is 0.375. The van der Waals surface area contributed by atoms with Crippen molar-refractivity contribution >= 4 is 51.3 Å². The fourth-order valence-corrected chi connectivity index (χ4v) is 3.02. The summed E-state index contributed by atoms with van der Waals surface area (Å²) < 4.78 is 0. The van der Waals surface area contributed by atoms with Crippen LogP contribution in [0.2, 0.25) is 5.02 Å². The molecule has 8 heteroatoms. The van der Waals surface area contributed by atoms with E-state index < -0.39 is 0 Å². The first kappa shape index (κ1) is 18.0. The SMILES string of the molecule is CC(=O)c1cccc(NC(=O)Cc2csc(Nc3ccc(Cl)cn3)n2)c1. The summed E-state index contributed by atoms with van der Waals surface area (Å²) in [5.41, 5.74) is 1.78. The Morgan fingerprint density at radius 1 is 1.23 bits per heavy atom. The predicted octanol–water partition coefficient (Wildman–Crippen LogP) is 4.32. The molecular formula is C18H15ClN4O2S. The lowest BCUT2D eigenvalue weighted by atomic mass is 10.1. The molecule has 0 bridgehead atoms. The van der Waals surface area contributed by atoms with Gasteiger partial charge in [0, 0.05) is 22.8 Å². The van der Waals surface area contributed by atoms with E-state index in [-0.39, 0.29) is 18.1 Å². The van der Waals surface area contributed by atoms with Crippen molar-refractivity contribution in [1.29, 1.82) is 0 Å². The third-order valence-electron chi connectivity index (χ3n) is 3.41. The van der Waals surface area contributed by atoms with Crippen molar-refractivity contribution in [2.24, 2.45) is 0 Å². The van der Waals surface area contributed by atoms with Gasteiger partial charge in [-0.25, -0.2) is 9.97 Å². The summed E-state index contributed by atoms with van der Waals surface area (Å²) in [6, 6.07) is 10.3. The third kappa shape index (κ3) is 4.87. The number of hydrogen-bond acceptors (Lipinski definition) is 6. The predicted molar refractivity (Wildman–Crippen MR) is 103 cm³/mol. The van der Waals surface area contributed by atoms with Crippen molar-refractivity contribution < 1.29 is 9.59 Å². The molecule has 1 amide bonds. The van der Waals surface area contributed by atoms with E-state index in [1.807, 2.05) is 5.38 Å². The molecule has 0 aliphatic rings. The number of amides is 1. The fraction of sp³-hybridized carbons (Fsp3) is 0.111. The minimum absolute atomic E-state index is 0.0490. The molecular weight excluding hydrogens is 372 g/mol. The molecule has 2 heterocycles. The number of nitrogens with one attached hydrogen (secondary N) is 2. The molecule has 2 aromatic heterocycles. The molecule has 2 N–H and O–H groups in total. The molecule has 0 spiro atoms. The Hall–Kier alpha value is -2.77.